The van der Waals surface area contributed by atoms with Gasteiger partial charge in [-0.05, 0) is 73.5 Å². The van der Waals surface area contributed by atoms with E-state index in [0.29, 0.717) is 11.7 Å². The quantitative estimate of drug-likeness (QED) is 0.194. The Kier molecular flexibility index (Phi) is 9.38. The van der Waals surface area contributed by atoms with Gasteiger partial charge >= 0.3 is 5.69 Å². The highest BCUT2D eigenvalue weighted by molar-refractivity contribution is 5.54. The van der Waals surface area contributed by atoms with Gasteiger partial charge in [-0.3, -0.25) is 0 Å². The van der Waals surface area contributed by atoms with E-state index in [-0.39, 0.29) is 37.1 Å². The zero-order valence-electron chi connectivity index (χ0n) is 28.2. The molecule has 2 saturated heterocycles. The topological polar surface area (TPSA) is 105 Å². The molecule has 2 aromatic heterocycles. The highest BCUT2D eigenvalue weighted by Gasteiger charge is 2.46. The summed E-state index contributed by atoms with van der Waals surface area (Å²) in [6.45, 7) is 9.93. The summed E-state index contributed by atoms with van der Waals surface area (Å²) in [5.41, 5.74) is 2.94. The summed E-state index contributed by atoms with van der Waals surface area (Å²) in [5.74, 6) is -1.99. The van der Waals surface area contributed by atoms with Gasteiger partial charge in [-0.15, -0.1) is 0 Å². The Balaban J connectivity index is 0.924. The average molecular weight is 687 g/mol. The maximum absolute atomic E-state index is 14.9. The SMILES string of the molecule is CC(C)C(C)n1ncn(-c2ccc(N3CCN(c4ccc(OCC5COC(Cn6cncn6)(c6ccc(F)cc6F)O5)cc4)CC3)cc2)c1=O. The van der Waals surface area contributed by atoms with Crippen LogP contribution in [0.25, 0.3) is 5.69 Å². The molecule has 0 N–H and O–H groups in total. The molecule has 2 aliphatic rings. The Morgan fingerprint density at radius 3 is 2.16 bits per heavy atom. The number of anilines is 2. The van der Waals surface area contributed by atoms with Crippen molar-refractivity contribution in [3.63, 3.8) is 0 Å². The van der Waals surface area contributed by atoms with Crippen LogP contribution in [0.1, 0.15) is 32.4 Å². The molecule has 0 bridgehead atoms. The first-order valence-electron chi connectivity index (χ1n) is 16.8. The van der Waals surface area contributed by atoms with E-state index >= 15 is 0 Å². The molecule has 3 aromatic carbocycles. The van der Waals surface area contributed by atoms with Crippen LogP contribution in [-0.4, -0.2) is 74.6 Å². The Bertz CT molecular complexity index is 1940. The first-order valence-corrected chi connectivity index (χ1v) is 16.8. The van der Waals surface area contributed by atoms with Gasteiger partial charge in [0.1, 0.15) is 55.6 Å². The van der Waals surface area contributed by atoms with Crippen molar-refractivity contribution < 1.29 is 23.0 Å². The summed E-state index contributed by atoms with van der Waals surface area (Å²) in [7, 11) is 0. The molecule has 0 aliphatic carbocycles. The number of hydrogen-bond donors (Lipinski definition) is 0. The number of benzene rings is 3. The molecule has 14 heteroatoms. The van der Waals surface area contributed by atoms with Crippen molar-refractivity contribution >= 4 is 11.4 Å². The molecule has 0 saturated carbocycles. The number of aromatic nitrogens is 6. The van der Waals surface area contributed by atoms with Crippen LogP contribution in [0.15, 0.2) is 90.5 Å². The molecular weight excluding hydrogens is 646 g/mol. The van der Waals surface area contributed by atoms with Crippen molar-refractivity contribution in [3.8, 4) is 11.4 Å². The molecule has 50 heavy (non-hydrogen) atoms. The minimum Gasteiger partial charge on any atom is -0.491 e. The first-order chi connectivity index (χ1) is 24.2. The third-order valence-electron chi connectivity index (χ3n) is 9.49. The van der Waals surface area contributed by atoms with E-state index in [1.807, 2.05) is 43.3 Å². The molecule has 12 nitrogen and oxygen atoms in total. The Morgan fingerprint density at radius 1 is 0.880 bits per heavy atom. The van der Waals surface area contributed by atoms with Crippen molar-refractivity contribution in [1.29, 1.82) is 0 Å². The van der Waals surface area contributed by atoms with Gasteiger partial charge in [-0.1, -0.05) is 13.8 Å². The second kappa shape index (κ2) is 14.0. The molecule has 3 atom stereocenters. The summed E-state index contributed by atoms with van der Waals surface area (Å²) in [4.78, 5) is 21.6. The Hall–Kier alpha value is -5.08. The van der Waals surface area contributed by atoms with E-state index in [1.54, 1.807) is 15.6 Å². The lowest BCUT2D eigenvalue weighted by molar-refractivity contribution is -0.192. The molecule has 0 spiro atoms. The van der Waals surface area contributed by atoms with Crippen LogP contribution in [0.5, 0.6) is 5.75 Å². The summed E-state index contributed by atoms with van der Waals surface area (Å²) < 4.78 is 51.5. The predicted octanol–water partition coefficient (Wildman–Crippen LogP) is 4.79. The van der Waals surface area contributed by atoms with Crippen LogP contribution in [0, 0.1) is 17.6 Å². The van der Waals surface area contributed by atoms with Gasteiger partial charge < -0.3 is 24.0 Å². The van der Waals surface area contributed by atoms with Gasteiger partial charge in [0.25, 0.3) is 0 Å². The van der Waals surface area contributed by atoms with Crippen LogP contribution in [-0.2, 0) is 21.8 Å². The number of rotatable bonds is 11. The molecule has 0 radical (unpaired) electrons. The lowest BCUT2D eigenvalue weighted by atomic mass is 10.0. The van der Waals surface area contributed by atoms with Crippen LogP contribution in [0.4, 0.5) is 20.2 Å². The van der Waals surface area contributed by atoms with Gasteiger partial charge in [0.05, 0.1) is 18.3 Å². The van der Waals surface area contributed by atoms with Crippen molar-refractivity contribution in [1.82, 2.24) is 29.1 Å². The standard InChI is InChI=1S/C36H40F2N8O4/c1-25(2)26(3)46-35(47)45(24-41-46)30-7-5-28(6-8-30)42-14-16-43(17-15-42)29-9-11-31(12-10-29)48-19-32-20-49-36(50-32,21-44-23-39-22-40-44)33-13-4-27(37)18-34(33)38/h4-13,18,22-26,32H,14-17,19-21H2,1-3H3. The van der Waals surface area contributed by atoms with E-state index < -0.39 is 23.5 Å². The maximum atomic E-state index is 14.9. The van der Waals surface area contributed by atoms with Crippen LogP contribution < -0.4 is 20.2 Å². The van der Waals surface area contributed by atoms with E-state index in [4.69, 9.17) is 14.2 Å². The third kappa shape index (κ3) is 6.85. The summed E-state index contributed by atoms with van der Waals surface area (Å²) in [6.07, 6.45) is 3.93. The van der Waals surface area contributed by atoms with E-state index in [1.165, 1.54) is 29.5 Å². The van der Waals surface area contributed by atoms with Gasteiger partial charge in [-0.2, -0.15) is 10.2 Å². The number of halogens is 2. The zero-order valence-corrected chi connectivity index (χ0v) is 28.2. The minimum atomic E-state index is -1.51. The molecule has 7 rings (SSSR count). The average Bonchev–Trinajstić information content (AvgIpc) is 3.88. The monoisotopic (exact) mass is 686 g/mol. The van der Waals surface area contributed by atoms with E-state index in [2.05, 4.69) is 51.0 Å². The Morgan fingerprint density at radius 2 is 1.54 bits per heavy atom. The van der Waals surface area contributed by atoms with Crippen molar-refractivity contribution in [3.05, 3.63) is 113 Å². The third-order valence-corrected chi connectivity index (χ3v) is 9.49. The number of nitrogens with zero attached hydrogens (tertiary/aromatic N) is 8. The van der Waals surface area contributed by atoms with Gasteiger partial charge in [0.2, 0.25) is 5.79 Å². The van der Waals surface area contributed by atoms with Crippen LogP contribution in [0.3, 0.4) is 0 Å². The second-order valence-corrected chi connectivity index (χ2v) is 13.0. The second-order valence-electron chi connectivity index (χ2n) is 13.0. The van der Waals surface area contributed by atoms with E-state index in [0.717, 1.165) is 49.3 Å². The Labute approximate surface area is 288 Å². The smallest absolute Gasteiger partial charge is 0.350 e. The summed E-state index contributed by atoms with van der Waals surface area (Å²) >= 11 is 0. The van der Waals surface area contributed by atoms with Crippen molar-refractivity contribution in [2.45, 2.75) is 45.2 Å². The van der Waals surface area contributed by atoms with E-state index in [9.17, 15) is 13.6 Å². The number of ether oxygens (including phenoxy) is 3. The van der Waals surface area contributed by atoms with Crippen molar-refractivity contribution in [2.75, 3.05) is 49.2 Å². The molecule has 2 fully saturated rings. The van der Waals surface area contributed by atoms with Gasteiger partial charge in [-0.25, -0.2) is 32.5 Å². The van der Waals surface area contributed by atoms with Crippen LogP contribution >= 0.6 is 0 Å². The predicted molar refractivity (Wildman–Crippen MR) is 183 cm³/mol. The largest absolute Gasteiger partial charge is 0.491 e. The van der Waals surface area contributed by atoms with Gasteiger partial charge in [0.15, 0.2) is 0 Å². The maximum Gasteiger partial charge on any atom is 0.350 e. The van der Waals surface area contributed by atoms with Crippen molar-refractivity contribution in [2.24, 2.45) is 5.92 Å². The molecule has 3 unspecified atom stereocenters. The zero-order chi connectivity index (χ0) is 34.8. The molecule has 0 amide bonds. The molecule has 4 heterocycles. The summed E-state index contributed by atoms with van der Waals surface area (Å²) in [6, 6.07) is 19.3. The highest BCUT2D eigenvalue weighted by Crippen LogP contribution is 2.38. The molecule has 5 aromatic rings. The van der Waals surface area contributed by atoms with Gasteiger partial charge in [0, 0.05) is 49.2 Å². The summed E-state index contributed by atoms with van der Waals surface area (Å²) in [5, 5.41) is 8.44. The minimum absolute atomic E-state index is 0.0196. The molecule has 262 valence electrons. The fourth-order valence-electron chi connectivity index (χ4n) is 6.33. The number of piperazine rings is 1. The normalized spacial score (nSPS) is 20.1. The lowest BCUT2D eigenvalue weighted by Crippen LogP contribution is -2.46. The fraction of sp³-hybridized carbons (Fsp3) is 0.389. The first kappa shape index (κ1) is 33.4. The van der Waals surface area contributed by atoms with Crippen LogP contribution in [0.2, 0.25) is 0 Å². The fourth-order valence-corrected chi connectivity index (χ4v) is 6.33. The number of hydrogen-bond acceptors (Lipinski definition) is 9. The molecule has 2 aliphatic heterocycles. The lowest BCUT2D eigenvalue weighted by Gasteiger charge is -2.37. The highest BCUT2D eigenvalue weighted by atomic mass is 19.1. The molecular formula is C36H40F2N8O4.